The molecule has 1 unspecified atom stereocenters. The molecular formula is C12H11ClN2O4S. The van der Waals surface area contributed by atoms with E-state index >= 15 is 0 Å². The molecule has 0 aliphatic heterocycles. The Morgan fingerprint density at radius 1 is 1.50 bits per heavy atom. The summed E-state index contributed by atoms with van der Waals surface area (Å²) in [5.41, 5.74) is 1.12. The molecule has 1 atom stereocenters. The van der Waals surface area contributed by atoms with Crippen molar-refractivity contribution in [2.24, 2.45) is 5.14 Å². The van der Waals surface area contributed by atoms with E-state index < -0.39 is 17.0 Å². The molecule has 2 rings (SSSR count). The molecule has 8 heteroatoms. The fraction of sp³-hybridized carbons (Fsp3) is 0.0833. The molecule has 1 heterocycles. The van der Waals surface area contributed by atoms with Gasteiger partial charge in [-0.25, -0.2) is 14.1 Å². The lowest BCUT2D eigenvalue weighted by atomic mass is 10.1. The summed E-state index contributed by atoms with van der Waals surface area (Å²) in [5.74, 6) is -1.16. The zero-order valence-electron chi connectivity index (χ0n) is 10.1. The third-order valence-electron chi connectivity index (χ3n) is 2.58. The van der Waals surface area contributed by atoms with E-state index in [0.717, 1.165) is 5.56 Å². The summed E-state index contributed by atoms with van der Waals surface area (Å²) < 4.78 is 16.2. The number of benzene rings is 1. The number of nitrogens with two attached hydrogens (primary N) is 1. The van der Waals surface area contributed by atoms with Gasteiger partial charge in [0, 0.05) is 12.1 Å². The largest absolute Gasteiger partial charge is 0.478 e. The summed E-state index contributed by atoms with van der Waals surface area (Å²) in [7, 11) is -1.85. The third-order valence-corrected chi connectivity index (χ3v) is 3.78. The molecule has 106 valence electrons. The average Bonchev–Trinajstić information content (AvgIpc) is 2.88. The highest BCUT2D eigenvalue weighted by atomic mass is 35.5. The van der Waals surface area contributed by atoms with Crippen molar-refractivity contribution in [3.8, 4) is 0 Å². The van der Waals surface area contributed by atoms with Crippen molar-refractivity contribution >= 4 is 34.2 Å². The Bertz CT molecular complexity index is 658. The van der Waals surface area contributed by atoms with Gasteiger partial charge in [-0.2, -0.15) is 0 Å². The van der Waals surface area contributed by atoms with Gasteiger partial charge in [-0.3, -0.25) is 0 Å². The quantitative estimate of drug-likeness (QED) is 0.784. The number of anilines is 1. The van der Waals surface area contributed by atoms with Crippen LogP contribution in [0.4, 0.5) is 5.69 Å². The first kappa shape index (κ1) is 14.6. The summed E-state index contributed by atoms with van der Waals surface area (Å²) >= 11 is 5.94. The Morgan fingerprint density at radius 3 is 2.80 bits per heavy atom. The summed E-state index contributed by atoms with van der Waals surface area (Å²) in [6.45, 7) is 0.373. The molecule has 6 nitrogen and oxygen atoms in total. The lowest BCUT2D eigenvalue weighted by Crippen LogP contribution is -2.10. The molecular weight excluding hydrogens is 304 g/mol. The van der Waals surface area contributed by atoms with E-state index in [-0.39, 0.29) is 15.5 Å². The van der Waals surface area contributed by atoms with Crippen LogP contribution in [0, 0.1) is 0 Å². The second-order valence-electron chi connectivity index (χ2n) is 3.92. The first-order valence-electron chi connectivity index (χ1n) is 5.47. The van der Waals surface area contributed by atoms with Crippen molar-refractivity contribution < 1.29 is 18.5 Å². The highest BCUT2D eigenvalue weighted by molar-refractivity contribution is 7.82. The molecule has 20 heavy (non-hydrogen) atoms. The van der Waals surface area contributed by atoms with Crippen LogP contribution in [0.25, 0.3) is 0 Å². The standard InChI is InChI=1S/C12H11ClN2O4S/c13-9-4-10(15-5-7-1-2-19-6-7)8(12(16)17)3-11(9)20(14)18/h1-4,6,15H,5,14H2,(H,16,17). The van der Waals surface area contributed by atoms with Crippen LogP contribution < -0.4 is 10.5 Å². The van der Waals surface area contributed by atoms with Gasteiger partial charge in [-0.15, -0.1) is 0 Å². The zero-order chi connectivity index (χ0) is 14.7. The number of nitrogens with one attached hydrogen (secondary N) is 1. The molecule has 0 aliphatic rings. The average molecular weight is 315 g/mol. The molecule has 1 aromatic heterocycles. The van der Waals surface area contributed by atoms with Crippen molar-refractivity contribution in [1.82, 2.24) is 0 Å². The van der Waals surface area contributed by atoms with E-state index in [1.165, 1.54) is 18.4 Å². The summed E-state index contributed by atoms with van der Waals surface area (Å²) in [6.07, 6.45) is 3.06. The molecule has 1 aromatic carbocycles. The van der Waals surface area contributed by atoms with Gasteiger partial charge in [-0.1, -0.05) is 11.6 Å². The second-order valence-corrected chi connectivity index (χ2v) is 5.36. The lowest BCUT2D eigenvalue weighted by molar-refractivity contribution is 0.0697. The van der Waals surface area contributed by atoms with Crippen LogP contribution in [0.15, 0.2) is 40.0 Å². The number of aromatic carboxylic acids is 1. The minimum Gasteiger partial charge on any atom is -0.478 e. The number of halogens is 1. The molecule has 0 fully saturated rings. The molecule has 4 N–H and O–H groups in total. The van der Waals surface area contributed by atoms with Crippen molar-refractivity contribution in [3.05, 3.63) is 46.9 Å². The van der Waals surface area contributed by atoms with Gasteiger partial charge in [0.1, 0.15) is 11.0 Å². The van der Waals surface area contributed by atoms with Gasteiger partial charge < -0.3 is 14.8 Å². The topological polar surface area (TPSA) is 106 Å². The number of hydrogen-bond acceptors (Lipinski definition) is 4. The van der Waals surface area contributed by atoms with Gasteiger partial charge in [0.2, 0.25) is 0 Å². The molecule has 0 spiro atoms. The molecule has 0 bridgehead atoms. The van der Waals surface area contributed by atoms with Crippen LogP contribution in [-0.2, 0) is 17.5 Å². The van der Waals surface area contributed by atoms with E-state index in [0.29, 0.717) is 12.2 Å². The number of carbonyl (C=O) groups is 1. The predicted molar refractivity (Wildman–Crippen MR) is 75.0 cm³/mol. The lowest BCUT2D eigenvalue weighted by Gasteiger charge is -2.11. The van der Waals surface area contributed by atoms with E-state index in [9.17, 15) is 14.1 Å². The molecule has 0 amide bonds. The Morgan fingerprint density at radius 2 is 2.25 bits per heavy atom. The highest BCUT2D eigenvalue weighted by Gasteiger charge is 2.16. The Hall–Kier alpha value is -1.83. The van der Waals surface area contributed by atoms with Gasteiger partial charge >= 0.3 is 5.97 Å². The normalized spacial score (nSPS) is 12.1. The van der Waals surface area contributed by atoms with Crippen molar-refractivity contribution in [1.29, 1.82) is 0 Å². The Balaban J connectivity index is 2.33. The van der Waals surface area contributed by atoms with E-state index in [1.54, 1.807) is 12.3 Å². The van der Waals surface area contributed by atoms with Crippen LogP contribution in [0.1, 0.15) is 15.9 Å². The van der Waals surface area contributed by atoms with Gasteiger partial charge in [0.15, 0.2) is 0 Å². The van der Waals surface area contributed by atoms with Crippen LogP contribution >= 0.6 is 11.6 Å². The fourth-order valence-corrected chi connectivity index (χ4v) is 2.50. The first-order valence-corrected chi connectivity index (χ1v) is 7.06. The number of furan rings is 1. The maximum Gasteiger partial charge on any atom is 0.337 e. The van der Waals surface area contributed by atoms with Crippen molar-refractivity contribution in [2.75, 3.05) is 5.32 Å². The zero-order valence-corrected chi connectivity index (χ0v) is 11.7. The van der Waals surface area contributed by atoms with Gasteiger partial charge in [0.05, 0.1) is 33.7 Å². The number of carboxylic acids is 1. The van der Waals surface area contributed by atoms with Gasteiger partial charge in [0.25, 0.3) is 0 Å². The smallest absolute Gasteiger partial charge is 0.337 e. The van der Waals surface area contributed by atoms with E-state index in [1.807, 2.05) is 0 Å². The Labute approximate surface area is 122 Å². The number of carboxylic acid groups (broad SMARTS) is 1. The predicted octanol–water partition coefficient (Wildman–Crippen LogP) is 2.22. The van der Waals surface area contributed by atoms with Gasteiger partial charge in [-0.05, 0) is 18.2 Å². The molecule has 2 aromatic rings. The number of hydrogen-bond donors (Lipinski definition) is 3. The molecule has 0 aliphatic carbocycles. The second kappa shape index (κ2) is 6.08. The maximum atomic E-state index is 11.3. The summed E-state index contributed by atoms with van der Waals surface area (Å²) in [6, 6.07) is 4.35. The minimum atomic E-state index is -1.85. The molecule has 0 radical (unpaired) electrons. The summed E-state index contributed by atoms with van der Waals surface area (Å²) in [5, 5.41) is 17.5. The molecule has 0 saturated heterocycles. The van der Waals surface area contributed by atoms with Crippen molar-refractivity contribution in [2.45, 2.75) is 11.4 Å². The Kier molecular flexibility index (Phi) is 4.43. The van der Waals surface area contributed by atoms with E-state index in [4.69, 9.17) is 21.2 Å². The minimum absolute atomic E-state index is 0.0494. The van der Waals surface area contributed by atoms with Crippen LogP contribution in [0.2, 0.25) is 5.02 Å². The SMILES string of the molecule is NS(=O)c1cc(C(=O)O)c(NCc2ccoc2)cc1Cl. The molecule has 0 saturated carbocycles. The fourth-order valence-electron chi connectivity index (χ4n) is 1.62. The highest BCUT2D eigenvalue weighted by Crippen LogP contribution is 2.27. The summed E-state index contributed by atoms with van der Waals surface area (Å²) in [4.78, 5) is 11.3. The van der Waals surface area contributed by atoms with Crippen LogP contribution in [-0.4, -0.2) is 15.3 Å². The number of rotatable bonds is 5. The third kappa shape index (κ3) is 3.19. The monoisotopic (exact) mass is 314 g/mol. The van der Waals surface area contributed by atoms with E-state index in [2.05, 4.69) is 5.32 Å². The van der Waals surface area contributed by atoms with Crippen LogP contribution in [0.5, 0.6) is 0 Å². The first-order chi connectivity index (χ1) is 9.49. The van der Waals surface area contributed by atoms with Crippen LogP contribution in [0.3, 0.4) is 0 Å². The maximum absolute atomic E-state index is 11.3. The van der Waals surface area contributed by atoms with Crippen molar-refractivity contribution in [3.63, 3.8) is 0 Å².